The fourth-order valence-corrected chi connectivity index (χ4v) is 2.75. The molecule has 1 heterocycles. The van der Waals surface area contributed by atoms with Gasteiger partial charge in [-0.2, -0.15) is 0 Å². The highest BCUT2D eigenvalue weighted by molar-refractivity contribution is 5.74. The first-order chi connectivity index (χ1) is 10.3. The minimum atomic E-state index is -0.855. The molecule has 2 unspecified atom stereocenters. The number of carbonyl (C=O) groups excluding carboxylic acids is 1. The smallest absolute Gasteiger partial charge is 0.410 e. The summed E-state index contributed by atoms with van der Waals surface area (Å²) < 4.78 is 5.34. The Hall–Kier alpha value is -2.04. The molecule has 5 nitrogen and oxygen atoms in total. The largest absolute Gasteiger partial charge is 0.481 e. The molecule has 5 heteroatoms. The van der Waals surface area contributed by atoms with Gasteiger partial charge in [0.1, 0.15) is 5.60 Å². The number of likely N-dealkylation sites (tertiary alicyclic amines) is 1. The highest BCUT2D eigenvalue weighted by atomic mass is 16.6. The lowest BCUT2D eigenvalue weighted by Crippen LogP contribution is -2.36. The number of amides is 1. The van der Waals surface area contributed by atoms with Gasteiger partial charge in [-0.3, -0.25) is 4.79 Å². The summed E-state index contributed by atoms with van der Waals surface area (Å²) in [5.41, 5.74) is 0.512. The molecule has 1 aliphatic heterocycles. The van der Waals surface area contributed by atoms with Gasteiger partial charge < -0.3 is 14.7 Å². The van der Waals surface area contributed by atoms with Crippen molar-refractivity contribution in [1.82, 2.24) is 4.90 Å². The van der Waals surface area contributed by atoms with E-state index in [1.807, 2.05) is 30.3 Å². The van der Waals surface area contributed by atoms with Crippen molar-refractivity contribution in [3.8, 4) is 0 Å². The summed E-state index contributed by atoms with van der Waals surface area (Å²) in [6.07, 6.45) is 0.214. The second kappa shape index (κ2) is 6.38. The van der Waals surface area contributed by atoms with Crippen LogP contribution in [0, 0.1) is 11.8 Å². The zero-order valence-electron chi connectivity index (χ0n) is 13.3. The van der Waals surface area contributed by atoms with Gasteiger partial charge in [0.05, 0.1) is 5.92 Å². The minimum absolute atomic E-state index is 0.0904. The molecule has 22 heavy (non-hydrogen) atoms. The number of carboxylic acid groups (broad SMARTS) is 1. The average Bonchev–Trinajstić information content (AvgIpc) is 2.82. The molecule has 0 bridgehead atoms. The molecule has 0 aromatic heterocycles. The highest BCUT2D eigenvalue weighted by Crippen LogP contribution is 2.28. The van der Waals surface area contributed by atoms with Gasteiger partial charge in [0, 0.05) is 13.1 Å². The first kappa shape index (κ1) is 16.3. The molecule has 1 fully saturated rings. The molecule has 1 aromatic rings. The van der Waals surface area contributed by atoms with Crippen molar-refractivity contribution in [3.63, 3.8) is 0 Å². The molecule has 0 aliphatic carbocycles. The Kier molecular flexibility index (Phi) is 4.74. The van der Waals surface area contributed by atoms with E-state index in [1.54, 1.807) is 20.8 Å². The summed E-state index contributed by atoms with van der Waals surface area (Å²) in [7, 11) is 0. The number of hydrogen-bond donors (Lipinski definition) is 1. The van der Waals surface area contributed by atoms with Crippen molar-refractivity contribution >= 4 is 12.1 Å². The molecule has 0 radical (unpaired) electrons. The maximum Gasteiger partial charge on any atom is 0.410 e. The van der Waals surface area contributed by atoms with Crippen LogP contribution in [0.5, 0.6) is 0 Å². The Morgan fingerprint density at radius 3 is 2.41 bits per heavy atom. The summed E-state index contributed by atoms with van der Waals surface area (Å²) in [6.45, 7) is 6.04. The summed E-state index contributed by atoms with van der Waals surface area (Å²) in [5.74, 6) is -1.49. The summed E-state index contributed by atoms with van der Waals surface area (Å²) in [4.78, 5) is 25.1. The van der Waals surface area contributed by atoms with Gasteiger partial charge in [-0.25, -0.2) is 4.79 Å². The zero-order valence-corrected chi connectivity index (χ0v) is 13.3. The van der Waals surface area contributed by atoms with E-state index in [4.69, 9.17) is 4.74 Å². The van der Waals surface area contributed by atoms with Crippen molar-refractivity contribution in [2.75, 3.05) is 13.1 Å². The lowest BCUT2D eigenvalue weighted by molar-refractivity contribution is -0.142. The van der Waals surface area contributed by atoms with Crippen molar-refractivity contribution in [3.05, 3.63) is 35.9 Å². The van der Waals surface area contributed by atoms with Crippen LogP contribution in [-0.4, -0.2) is 40.8 Å². The fraction of sp³-hybridized carbons (Fsp3) is 0.529. The minimum Gasteiger partial charge on any atom is -0.481 e. The van der Waals surface area contributed by atoms with Crippen LogP contribution in [0.4, 0.5) is 4.79 Å². The SMILES string of the molecule is CC(C)(C)OC(=O)N1CC(Cc2ccccc2)C(C(=O)O)C1. The topological polar surface area (TPSA) is 66.8 Å². The first-order valence-electron chi connectivity index (χ1n) is 7.51. The van der Waals surface area contributed by atoms with E-state index in [1.165, 1.54) is 4.90 Å². The summed E-state index contributed by atoms with van der Waals surface area (Å²) in [6, 6.07) is 9.77. The van der Waals surface area contributed by atoms with Crippen molar-refractivity contribution < 1.29 is 19.4 Å². The molecule has 120 valence electrons. The van der Waals surface area contributed by atoms with Gasteiger partial charge in [0.25, 0.3) is 0 Å². The maximum absolute atomic E-state index is 12.1. The second-order valence-electron chi connectivity index (χ2n) is 6.78. The third-order valence-electron chi connectivity index (χ3n) is 3.75. The molecule has 1 amide bonds. The lowest BCUT2D eigenvalue weighted by atomic mass is 9.90. The second-order valence-corrected chi connectivity index (χ2v) is 6.78. The molecule has 1 N–H and O–H groups in total. The van der Waals surface area contributed by atoms with E-state index in [-0.39, 0.29) is 12.5 Å². The number of nitrogens with zero attached hydrogens (tertiary/aromatic N) is 1. The highest BCUT2D eigenvalue weighted by Gasteiger charge is 2.40. The molecule has 0 saturated carbocycles. The van der Waals surface area contributed by atoms with Gasteiger partial charge in [0.15, 0.2) is 0 Å². The Balaban J connectivity index is 2.06. The van der Waals surface area contributed by atoms with Gasteiger partial charge in [-0.15, -0.1) is 0 Å². The monoisotopic (exact) mass is 305 g/mol. The number of ether oxygens (including phenoxy) is 1. The number of carbonyl (C=O) groups is 2. The van der Waals surface area contributed by atoms with Gasteiger partial charge in [0.2, 0.25) is 0 Å². The van der Waals surface area contributed by atoms with Gasteiger partial charge >= 0.3 is 12.1 Å². The molecule has 1 aromatic carbocycles. The van der Waals surface area contributed by atoms with Crippen LogP contribution in [0.1, 0.15) is 26.3 Å². The molecule has 2 rings (SSSR count). The van der Waals surface area contributed by atoms with Crippen LogP contribution in [0.15, 0.2) is 30.3 Å². The standard InChI is InChI=1S/C17H23NO4/c1-17(2,3)22-16(21)18-10-13(14(11-18)15(19)20)9-12-7-5-4-6-8-12/h4-8,13-14H,9-11H2,1-3H3,(H,19,20). The number of aliphatic carboxylic acids is 1. The van der Waals surface area contributed by atoms with E-state index >= 15 is 0 Å². The Labute approximate surface area is 130 Å². The summed E-state index contributed by atoms with van der Waals surface area (Å²) in [5, 5.41) is 9.42. The average molecular weight is 305 g/mol. The predicted molar refractivity (Wildman–Crippen MR) is 82.6 cm³/mol. The first-order valence-corrected chi connectivity index (χ1v) is 7.51. The van der Waals surface area contributed by atoms with Crippen LogP contribution in [0.3, 0.4) is 0 Å². The van der Waals surface area contributed by atoms with Crippen LogP contribution >= 0.6 is 0 Å². The lowest BCUT2D eigenvalue weighted by Gasteiger charge is -2.24. The van der Waals surface area contributed by atoms with Crippen LogP contribution < -0.4 is 0 Å². The molecule has 2 atom stereocenters. The van der Waals surface area contributed by atoms with Crippen molar-refractivity contribution in [2.45, 2.75) is 32.8 Å². The Morgan fingerprint density at radius 2 is 1.86 bits per heavy atom. The molecule has 0 spiro atoms. The van der Waals surface area contributed by atoms with Crippen molar-refractivity contribution in [2.24, 2.45) is 11.8 Å². The van der Waals surface area contributed by atoms with E-state index < -0.39 is 23.6 Å². The zero-order chi connectivity index (χ0) is 16.3. The normalized spacial score (nSPS) is 21.7. The molecule has 1 aliphatic rings. The van der Waals surface area contributed by atoms with E-state index in [0.717, 1.165) is 5.56 Å². The Morgan fingerprint density at radius 1 is 1.23 bits per heavy atom. The van der Waals surface area contributed by atoms with E-state index in [0.29, 0.717) is 13.0 Å². The maximum atomic E-state index is 12.1. The molecular weight excluding hydrogens is 282 g/mol. The van der Waals surface area contributed by atoms with E-state index in [9.17, 15) is 14.7 Å². The summed E-state index contributed by atoms with van der Waals surface area (Å²) >= 11 is 0. The molecular formula is C17H23NO4. The molecule has 1 saturated heterocycles. The number of hydrogen-bond acceptors (Lipinski definition) is 3. The number of rotatable bonds is 3. The van der Waals surface area contributed by atoms with Crippen molar-refractivity contribution in [1.29, 1.82) is 0 Å². The van der Waals surface area contributed by atoms with E-state index in [2.05, 4.69) is 0 Å². The fourth-order valence-electron chi connectivity index (χ4n) is 2.75. The van der Waals surface area contributed by atoms with Gasteiger partial charge in [-0.1, -0.05) is 30.3 Å². The van der Waals surface area contributed by atoms with Crippen LogP contribution in [0.2, 0.25) is 0 Å². The Bertz CT molecular complexity index is 535. The number of benzene rings is 1. The van der Waals surface area contributed by atoms with Crippen LogP contribution in [-0.2, 0) is 16.0 Å². The third kappa shape index (κ3) is 4.23. The predicted octanol–water partition coefficient (Wildman–Crippen LogP) is 2.80. The number of carboxylic acids is 1. The third-order valence-corrected chi connectivity index (χ3v) is 3.75. The quantitative estimate of drug-likeness (QED) is 0.932. The van der Waals surface area contributed by atoms with Crippen LogP contribution in [0.25, 0.3) is 0 Å². The van der Waals surface area contributed by atoms with Gasteiger partial charge in [-0.05, 0) is 38.7 Å².